The number of amides is 1. The van der Waals surface area contributed by atoms with Crippen LogP contribution < -0.4 is 5.32 Å². The van der Waals surface area contributed by atoms with Crippen LogP contribution in [0.15, 0.2) is 35.8 Å². The minimum atomic E-state index is -1.04. The summed E-state index contributed by atoms with van der Waals surface area (Å²) < 4.78 is 0. The van der Waals surface area contributed by atoms with Gasteiger partial charge in [-0.15, -0.1) is 11.3 Å². The molecule has 0 aliphatic carbocycles. The van der Waals surface area contributed by atoms with Crippen LogP contribution in [0.4, 0.5) is 10.8 Å². The molecule has 2 N–H and O–H groups in total. The van der Waals surface area contributed by atoms with Gasteiger partial charge in [-0.2, -0.15) is 0 Å². The lowest BCUT2D eigenvalue weighted by Gasteiger charge is -2.15. The summed E-state index contributed by atoms with van der Waals surface area (Å²) in [5.41, 5.74) is 1.16. The monoisotopic (exact) mass is 291 g/mol. The molecule has 2 aromatic rings. The van der Waals surface area contributed by atoms with Gasteiger partial charge in [-0.3, -0.25) is 9.59 Å². The average Bonchev–Trinajstić information content (AvgIpc) is 2.90. The van der Waals surface area contributed by atoms with E-state index in [1.807, 2.05) is 11.4 Å². The van der Waals surface area contributed by atoms with Crippen LogP contribution in [0, 0.1) is 0 Å². The van der Waals surface area contributed by atoms with Gasteiger partial charge in [-0.25, -0.2) is 4.98 Å². The number of hydrogen-bond donors (Lipinski definition) is 2. The molecule has 0 bridgehead atoms. The van der Waals surface area contributed by atoms with E-state index in [-0.39, 0.29) is 12.5 Å². The number of carboxylic acid groups (broad SMARTS) is 1. The van der Waals surface area contributed by atoms with Gasteiger partial charge < -0.3 is 15.3 Å². The fraction of sp³-hybridized carbons (Fsp3) is 0.154. The van der Waals surface area contributed by atoms with Gasteiger partial charge in [-0.05, 0) is 18.2 Å². The highest BCUT2D eigenvalue weighted by atomic mass is 32.1. The summed E-state index contributed by atoms with van der Waals surface area (Å²) in [6.45, 7) is -0.330. The van der Waals surface area contributed by atoms with Gasteiger partial charge >= 0.3 is 5.97 Å². The molecule has 0 fully saturated rings. The standard InChI is InChI=1S/C13H13N3O3S/c1-16(8-11(17)18)12(19)9-3-2-4-10(7-9)15-13-14-5-6-20-13/h2-7H,8H2,1H3,(H,14,15)(H,17,18). The molecule has 0 aliphatic heterocycles. The molecule has 1 amide bonds. The van der Waals surface area contributed by atoms with Crippen molar-refractivity contribution in [3.8, 4) is 0 Å². The van der Waals surface area contributed by atoms with E-state index in [1.165, 1.54) is 18.4 Å². The lowest BCUT2D eigenvalue weighted by atomic mass is 10.2. The number of thiazole rings is 1. The zero-order valence-corrected chi connectivity index (χ0v) is 11.6. The minimum absolute atomic E-state index is 0.330. The Bertz CT molecular complexity index is 613. The zero-order valence-electron chi connectivity index (χ0n) is 10.7. The molecule has 0 saturated carbocycles. The van der Waals surface area contributed by atoms with Crippen molar-refractivity contribution in [3.63, 3.8) is 0 Å². The molecule has 1 aromatic heterocycles. The predicted molar refractivity (Wildman–Crippen MR) is 76.4 cm³/mol. The lowest BCUT2D eigenvalue weighted by molar-refractivity contribution is -0.137. The number of hydrogen-bond acceptors (Lipinski definition) is 5. The number of rotatable bonds is 5. The highest BCUT2D eigenvalue weighted by Gasteiger charge is 2.14. The normalized spacial score (nSPS) is 10.1. The van der Waals surface area contributed by atoms with E-state index in [0.717, 1.165) is 15.7 Å². The van der Waals surface area contributed by atoms with E-state index < -0.39 is 5.97 Å². The molecule has 1 aromatic carbocycles. The van der Waals surface area contributed by atoms with Crippen LogP contribution in [0.25, 0.3) is 0 Å². The minimum Gasteiger partial charge on any atom is -0.480 e. The molecule has 0 atom stereocenters. The quantitative estimate of drug-likeness (QED) is 0.881. The Labute approximate surface area is 119 Å². The third-order valence-electron chi connectivity index (χ3n) is 2.51. The number of benzene rings is 1. The number of nitrogens with zero attached hydrogens (tertiary/aromatic N) is 2. The fourth-order valence-electron chi connectivity index (χ4n) is 1.63. The maximum absolute atomic E-state index is 12.1. The Kier molecular flexibility index (Phi) is 4.31. The Morgan fingerprint density at radius 2 is 2.25 bits per heavy atom. The summed E-state index contributed by atoms with van der Waals surface area (Å²) in [5.74, 6) is -1.38. The molecule has 7 heteroatoms. The second-order valence-electron chi connectivity index (χ2n) is 4.10. The van der Waals surface area contributed by atoms with E-state index in [4.69, 9.17) is 5.11 Å². The van der Waals surface area contributed by atoms with Crippen molar-refractivity contribution in [1.29, 1.82) is 0 Å². The molecular weight excluding hydrogens is 278 g/mol. The number of carbonyl (C=O) groups excluding carboxylic acids is 1. The van der Waals surface area contributed by atoms with Crippen LogP contribution in [-0.4, -0.2) is 40.5 Å². The van der Waals surface area contributed by atoms with Crippen LogP contribution in [0.1, 0.15) is 10.4 Å². The first-order valence-electron chi connectivity index (χ1n) is 5.80. The van der Waals surface area contributed by atoms with E-state index in [9.17, 15) is 9.59 Å². The van der Waals surface area contributed by atoms with Crippen molar-refractivity contribution in [2.75, 3.05) is 18.9 Å². The maximum Gasteiger partial charge on any atom is 0.323 e. The Balaban J connectivity index is 2.12. The molecule has 0 aliphatic rings. The lowest BCUT2D eigenvalue weighted by Crippen LogP contribution is -2.31. The summed E-state index contributed by atoms with van der Waals surface area (Å²) in [6, 6.07) is 6.86. The van der Waals surface area contributed by atoms with Crippen LogP contribution in [-0.2, 0) is 4.79 Å². The predicted octanol–water partition coefficient (Wildman–Crippen LogP) is 2.04. The number of anilines is 2. The molecule has 0 spiro atoms. The first-order valence-corrected chi connectivity index (χ1v) is 6.68. The van der Waals surface area contributed by atoms with Crippen molar-refractivity contribution in [3.05, 3.63) is 41.4 Å². The van der Waals surface area contributed by atoms with Gasteiger partial charge in [-0.1, -0.05) is 6.07 Å². The largest absolute Gasteiger partial charge is 0.480 e. The molecular formula is C13H13N3O3S. The number of nitrogens with one attached hydrogen (secondary N) is 1. The second kappa shape index (κ2) is 6.16. The second-order valence-corrected chi connectivity index (χ2v) is 4.99. The Hall–Kier alpha value is -2.41. The SMILES string of the molecule is CN(CC(=O)O)C(=O)c1cccc(Nc2nccs2)c1. The van der Waals surface area contributed by atoms with E-state index in [0.29, 0.717) is 5.56 Å². The van der Waals surface area contributed by atoms with Gasteiger partial charge in [0.1, 0.15) is 6.54 Å². The van der Waals surface area contributed by atoms with E-state index >= 15 is 0 Å². The van der Waals surface area contributed by atoms with Crippen molar-refractivity contribution < 1.29 is 14.7 Å². The number of carbonyl (C=O) groups is 2. The van der Waals surface area contributed by atoms with Gasteiger partial charge in [0.05, 0.1) is 0 Å². The maximum atomic E-state index is 12.1. The highest BCUT2D eigenvalue weighted by molar-refractivity contribution is 7.13. The Morgan fingerprint density at radius 3 is 2.90 bits per heavy atom. The van der Waals surface area contributed by atoms with Gasteiger partial charge in [0.25, 0.3) is 5.91 Å². The fourth-order valence-corrected chi connectivity index (χ4v) is 2.18. The van der Waals surface area contributed by atoms with Gasteiger partial charge in [0.2, 0.25) is 0 Å². The van der Waals surface area contributed by atoms with Crippen LogP contribution in [0.5, 0.6) is 0 Å². The summed E-state index contributed by atoms with van der Waals surface area (Å²) >= 11 is 1.45. The summed E-state index contributed by atoms with van der Waals surface area (Å²) in [4.78, 5) is 27.9. The smallest absolute Gasteiger partial charge is 0.323 e. The number of likely N-dealkylation sites (N-methyl/N-ethyl adjacent to an activating group) is 1. The van der Waals surface area contributed by atoms with Crippen molar-refractivity contribution in [2.24, 2.45) is 0 Å². The molecule has 0 radical (unpaired) electrons. The zero-order chi connectivity index (χ0) is 14.5. The van der Waals surface area contributed by atoms with Crippen molar-refractivity contribution in [2.45, 2.75) is 0 Å². The molecule has 0 unspecified atom stereocenters. The van der Waals surface area contributed by atoms with E-state index in [2.05, 4.69) is 10.3 Å². The topological polar surface area (TPSA) is 82.5 Å². The average molecular weight is 291 g/mol. The number of aliphatic carboxylic acids is 1. The van der Waals surface area contributed by atoms with Crippen LogP contribution in [0.2, 0.25) is 0 Å². The molecule has 104 valence electrons. The third-order valence-corrected chi connectivity index (χ3v) is 3.20. The van der Waals surface area contributed by atoms with Crippen molar-refractivity contribution in [1.82, 2.24) is 9.88 Å². The third kappa shape index (κ3) is 3.55. The summed E-state index contributed by atoms with van der Waals surface area (Å²) in [7, 11) is 1.46. The highest BCUT2D eigenvalue weighted by Crippen LogP contribution is 2.19. The van der Waals surface area contributed by atoms with Gasteiger partial charge in [0, 0.05) is 29.9 Å². The molecule has 1 heterocycles. The number of carboxylic acids is 1. The first kappa shape index (κ1) is 14.0. The molecule has 6 nitrogen and oxygen atoms in total. The Morgan fingerprint density at radius 1 is 1.45 bits per heavy atom. The first-order chi connectivity index (χ1) is 9.56. The molecule has 0 saturated heterocycles. The molecule has 20 heavy (non-hydrogen) atoms. The van der Waals surface area contributed by atoms with E-state index in [1.54, 1.807) is 24.4 Å². The van der Waals surface area contributed by atoms with Crippen molar-refractivity contribution >= 4 is 34.0 Å². The number of aromatic nitrogens is 1. The van der Waals surface area contributed by atoms with Crippen LogP contribution in [0.3, 0.4) is 0 Å². The van der Waals surface area contributed by atoms with Gasteiger partial charge in [0.15, 0.2) is 5.13 Å². The van der Waals surface area contributed by atoms with Crippen LogP contribution >= 0.6 is 11.3 Å². The summed E-state index contributed by atoms with van der Waals surface area (Å²) in [5, 5.41) is 14.3. The summed E-state index contributed by atoms with van der Waals surface area (Å²) in [6.07, 6.45) is 1.68. The molecule has 2 rings (SSSR count).